The van der Waals surface area contributed by atoms with Gasteiger partial charge in [0.15, 0.2) is 22.5 Å². The number of benzene rings is 2. The van der Waals surface area contributed by atoms with Crippen molar-refractivity contribution in [2.24, 2.45) is 0 Å². The summed E-state index contributed by atoms with van der Waals surface area (Å²) in [6.45, 7) is 8.17. The summed E-state index contributed by atoms with van der Waals surface area (Å²) in [5.74, 6) is 1.07. The number of carbonyl (C=O) groups is 1. The molecule has 0 unspecified atom stereocenters. The van der Waals surface area contributed by atoms with Crippen LogP contribution in [0.15, 0.2) is 66.9 Å². The SMILES string of the molecule is C=CCN(CC=C)C(=O)CSc1nnc(-c2cc(OC)c(OC)c(OC)c2)n1-c1ccccc1F. The van der Waals surface area contributed by atoms with Gasteiger partial charge in [-0.15, -0.1) is 23.4 Å². The molecule has 3 aromatic rings. The van der Waals surface area contributed by atoms with E-state index in [0.717, 1.165) is 11.8 Å². The molecule has 0 aliphatic carbocycles. The molecule has 0 radical (unpaired) electrons. The van der Waals surface area contributed by atoms with Crippen LogP contribution in [0.3, 0.4) is 0 Å². The minimum absolute atomic E-state index is 0.0729. The third-order valence-electron chi connectivity index (χ3n) is 5.03. The van der Waals surface area contributed by atoms with E-state index in [9.17, 15) is 9.18 Å². The van der Waals surface area contributed by atoms with Crippen LogP contribution in [0, 0.1) is 5.82 Å². The van der Waals surface area contributed by atoms with Crippen molar-refractivity contribution in [3.05, 3.63) is 67.5 Å². The Hall–Kier alpha value is -3.79. The molecule has 0 saturated carbocycles. The number of rotatable bonds is 12. The molecule has 2 aromatic carbocycles. The number of ether oxygens (including phenoxy) is 3. The first-order valence-corrected chi connectivity index (χ1v) is 11.6. The van der Waals surface area contributed by atoms with Gasteiger partial charge in [0.1, 0.15) is 5.82 Å². The molecular weight excluding hydrogens is 471 g/mol. The second kappa shape index (κ2) is 12.1. The highest BCUT2D eigenvalue weighted by molar-refractivity contribution is 7.99. The topological polar surface area (TPSA) is 78.7 Å². The maximum absolute atomic E-state index is 14.9. The highest BCUT2D eigenvalue weighted by atomic mass is 32.2. The quantitative estimate of drug-likeness (QED) is 0.271. The summed E-state index contributed by atoms with van der Waals surface area (Å²) in [6.07, 6.45) is 3.30. The zero-order chi connectivity index (χ0) is 25.4. The van der Waals surface area contributed by atoms with Gasteiger partial charge in [-0.25, -0.2) is 4.39 Å². The summed E-state index contributed by atoms with van der Waals surface area (Å²) in [5.41, 5.74) is 0.804. The van der Waals surface area contributed by atoms with Gasteiger partial charge in [-0.3, -0.25) is 9.36 Å². The molecule has 3 rings (SSSR count). The predicted octanol–water partition coefficient (Wildman–Crippen LogP) is 4.39. The van der Waals surface area contributed by atoms with Crippen LogP contribution in [0.4, 0.5) is 4.39 Å². The Morgan fingerprint density at radius 2 is 1.69 bits per heavy atom. The van der Waals surface area contributed by atoms with Crippen molar-refractivity contribution in [2.45, 2.75) is 5.16 Å². The van der Waals surface area contributed by atoms with Crippen LogP contribution in [-0.2, 0) is 4.79 Å². The Balaban J connectivity index is 2.08. The second-order valence-electron chi connectivity index (χ2n) is 7.17. The van der Waals surface area contributed by atoms with E-state index < -0.39 is 5.82 Å². The minimum atomic E-state index is -0.464. The standard InChI is InChI=1S/C25H27FN4O4S/c1-6-12-29(13-7-2)22(31)16-35-25-28-27-24(30(25)19-11-9-8-10-18(19)26)17-14-20(32-3)23(34-5)21(15-17)33-4/h6-11,14-15H,1-2,12-13,16H2,3-5H3. The zero-order valence-corrected chi connectivity index (χ0v) is 20.7. The van der Waals surface area contributed by atoms with E-state index in [2.05, 4.69) is 23.4 Å². The van der Waals surface area contributed by atoms with Gasteiger partial charge in [-0.05, 0) is 24.3 Å². The van der Waals surface area contributed by atoms with Crippen LogP contribution < -0.4 is 14.2 Å². The van der Waals surface area contributed by atoms with Crippen LogP contribution in [0.2, 0.25) is 0 Å². The molecular formula is C25H27FN4O4S. The number of nitrogens with zero attached hydrogens (tertiary/aromatic N) is 4. The second-order valence-corrected chi connectivity index (χ2v) is 8.11. The molecule has 0 atom stereocenters. The summed E-state index contributed by atoms with van der Waals surface area (Å²) in [5, 5.41) is 8.95. The number of carbonyl (C=O) groups excluding carboxylic acids is 1. The Morgan fingerprint density at radius 1 is 1.06 bits per heavy atom. The maximum Gasteiger partial charge on any atom is 0.233 e. The highest BCUT2D eigenvalue weighted by Gasteiger charge is 2.23. The Morgan fingerprint density at radius 3 is 2.23 bits per heavy atom. The molecule has 1 heterocycles. The van der Waals surface area contributed by atoms with Crippen molar-refractivity contribution in [3.8, 4) is 34.3 Å². The number of para-hydroxylation sites is 1. The number of halogens is 1. The van der Waals surface area contributed by atoms with E-state index in [1.54, 1.807) is 52.0 Å². The van der Waals surface area contributed by atoms with Crippen molar-refractivity contribution in [1.82, 2.24) is 19.7 Å². The molecule has 8 nitrogen and oxygen atoms in total. The van der Waals surface area contributed by atoms with Gasteiger partial charge >= 0.3 is 0 Å². The third-order valence-corrected chi connectivity index (χ3v) is 5.94. The van der Waals surface area contributed by atoms with Gasteiger partial charge in [0.25, 0.3) is 0 Å². The van der Waals surface area contributed by atoms with Crippen LogP contribution in [0.1, 0.15) is 0 Å². The average Bonchev–Trinajstić information content (AvgIpc) is 3.30. The number of aromatic nitrogens is 3. The van der Waals surface area contributed by atoms with E-state index in [1.165, 1.54) is 27.4 Å². The molecule has 0 aliphatic heterocycles. The largest absolute Gasteiger partial charge is 0.493 e. The van der Waals surface area contributed by atoms with Crippen molar-refractivity contribution < 1.29 is 23.4 Å². The molecule has 0 fully saturated rings. The van der Waals surface area contributed by atoms with Crippen molar-refractivity contribution in [1.29, 1.82) is 0 Å². The lowest BCUT2D eigenvalue weighted by molar-refractivity contribution is -0.127. The highest BCUT2D eigenvalue weighted by Crippen LogP contribution is 2.41. The molecule has 35 heavy (non-hydrogen) atoms. The lowest BCUT2D eigenvalue weighted by Crippen LogP contribution is -2.32. The molecule has 0 N–H and O–H groups in total. The first-order chi connectivity index (χ1) is 17.0. The fourth-order valence-corrected chi connectivity index (χ4v) is 4.27. The van der Waals surface area contributed by atoms with Gasteiger partial charge in [0.05, 0.1) is 32.8 Å². The number of methoxy groups -OCH3 is 3. The van der Waals surface area contributed by atoms with Gasteiger partial charge in [-0.2, -0.15) is 0 Å². The minimum Gasteiger partial charge on any atom is -0.493 e. The molecule has 0 spiro atoms. The molecule has 0 aliphatic rings. The van der Waals surface area contributed by atoms with E-state index >= 15 is 0 Å². The number of hydrogen-bond acceptors (Lipinski definition) is 7. The zero-order valence-electron chi connectivity index (χ0n) is 19.9. The van der Waals surface area contributed by atoms with Gasteiger partial charge < -0.3 is 19.1 Å². The summed E-state index contributed by atoms with van der Waals surface area (Å²) >= 11 is 1.16. The monoisotopic (exact) mass is 498 g/mol. The summed E-state index contributed by atoms with van der Waals surface area (Å²) < 4.78 is 32.8. The molecule has 1 aromatic heterocycles. The van der Waals surface area contributed by atoms with E-state index in [4.69, 9.17) is 14.2 Å². The predicted molar refractivity (Wildman–Crippen MR) is 134 cm³/mol. The molecule has 10 heteroatoms. The van der Waals surface area contributed by atoms with Crippen molar-refractivity contribution in [2.75, 3.05) is 40.2 Å². The Bertz CT molecular complexity index is 1180. The van der Waals surface area contributed by atoms with Crippen LogP contribution >= 0.6 is 11.8 Å². The first kappa shape index (κ1) is 25.8. The van der Waals surface area contributed by atoms with E-state index in [1.807, 2.05) is 0 Å². The number of hydrogen-bond donors (Lipinski definition) is 0. The van der Waals surface area contributed by atoms with Crippen LogP contribution in [0.5, 0.6) is 17.2 Å². The van der Waals surface area contributed by atoms with Crippen molar-refractivity contribution in [3.63, 3.8) is 0 Å². The molecule has 0 bridgehead atoms. The summed E-state index contributed by atoms with van der Waals surface area (Å²) in [6, 6.07) is 9.70. The van der Waals surface area contributed by atoms with Crippen LogP contribution in [-0.4, -0.2) is 65.7 Å². The smallest absolute Gasteiger partial charge is 0.233 e. The summed E-state index contributed by atoms with van der Waals surface area (Å²) in [7, 11) is 4.53. The molecule has 184 valence electrons. The van der Waals surface area contributed by atoms with Gasteiger partial charge in [0.2, 0.25) is 11.7 Å². The normalized spacial score (nSPS) is 10.5. The Labute approximate surface area is 208 Å². The maximum atomic E-state index is 14.9. The lowest BCUT2D eigenvalue weighted by Gasteiger charge is -2.19. The molecule has 0 saturated heterocycles. The van der Waals surface area contributed by atoms with Crippen LogP contribution in [0.25, 0.3) is 17.1 Å². The third kappa shape index (κ3) is 5.65. The van der Waals surface area contributed by atoms with Gasteiger partial charge in [-0.1, -0.05) is 36.0 Å². The fourth-order valence-electron chi connectivity index (χ4n) is 3.42. The number of thioether (sulfide) groups is 1. The first-order valence-electron chi connectivity index (χ1n) is 10.6. The summed E-state index contributed by atoms with van der Waals surface area (Å²) in [4.78, 5) is 14.4. The molecule has 1 amide bonds. The fraction of sp³-hybridized carbons (Fsp3) is 0.240. The lowest BCUT2D eigenvalue weighted by atomic mass is 10.1. The Kier molecular flexibility index (Phi) is 8.91. The van der Waals surface area contributed by atoms with E-state index in [-0.39, 0.29) is 17.3 Å². The number of amides is 1. The van der Waals surface area contributed by atoms with E-state index in [0.29, 0.717) is 46.9 Å². The van der Waals surface area contributed by atoms with Gasteiger partial charge in [0, 0.05) is 18.7 Å². The van der Waals surface area contributed by atoms with Crippen molar-refractivity contribution >= 4 is 17.7 Å². The average molecular weight is 499 g/mol.